The van der Waals surface area contributed by atoms with Crippen LogP contribution in [0.5, 0.6) is 6.01 Å². The maximum Gasteiger partial charge on any atom is 0.422 e. The SMILES string of the molecule is CCCCCNc1nc(Nc2cccc(C)c2)nc(OCC(F)(F)F)n1. The Bertz CT molecular complexity index is 709. The number of hydrogen-bond donors (Lipinski definition) is 2. The summed E-state index contributed by atoms with van der Waals surface area (Å²) in [6.07, 6.45) is -1.48. The number of nitrogens with zero attached hydrogens (tertiary/aromatic N) is 3. The average molecular weight is 369 g/mol. The second kappa shape index (κ2) is 9.21. The highest BCUT2D eigenvalue weighted by Crippen LogP contribution is 2.20. The van der Waals surface area contributed by atoms with Gasteiger partial charge in [0.05, 0.1) is 0 Å². The van der Waals surface area contributed by atoms with E-state index in [-0.39, 0.29) is 17.9 Å². The maximum absolute atomic E-state index is 12.4. The number of alkyl halides is 3. The largest absolute Gasteiger partial charge is 0.454 e. The second-order valence-electron chi connectivity index (χ2n) is 5.80. The van der Waals surface area contributed by atoms with E-state index in [4.69, 9.17) is 0 Å². The van der Waals surface area contributed by atoms with Crippen molar-refractivity contribution in [2.24, 2.45) is 0 Å². The summed E-state index contributed by atoms with van der Waals surface area (Å²) in [5.74, 6) is 0.282. The van der Waals surface area contributed by atoms with Crippen LogP contribution in [-0.4, -0.2) is 34.3 Å². The second-order valence-corrected chi connectivity index (χ2v) is 5.80. The number of benzene rings is 1. The zero-order chi connectivity index (χ0) is 19.0. The summed E-state index contributed by atoms with van der Waals surface area (Å²) < 4.78 is 41.9. The molecule has 2 rings (SSSR count). The molecule has 0 spiro atoms. The number of hydrogen-bond acceptors (Lipinski definition) is 6. The molecule has 0 unspecified atom stereocenters. The van der Waals surface area contributed by atoms with Crippen LogP contribution in [0.2, 0.25) is 0 Å². The van der Waals surface area contributed by atoms with Crippen molar-refractivity contribution in [1.82, 2.24) is 15.0 Å². The van der Waals surface area contributed by atoms with Gasteiger partial charge in [-0.05, 0) is 31.0 Å². The van der Waals surface area contributed by atoms with Gasteiger partial charge in [0.1, 0.15) is 0 Å². The van der Waals surface area contributed by atoms with Crippen LogP contribution in [0.1, 0.15) is 31.7 Å². The summed E-state index contributed by atoms with van der Waals surface area (Å²) in [5.41, 5.74) is 1.74. The van der Waals surface area contributed by atoms with Gasteiger partial charge >= 0.3 is 12.2 Å². The monoisotopic (exact) mass is 369 g/mol. The molecule has 0 bridgehead atoms. The molecule has 0 radical (unpaired) electrons. The highest BCUT2D eigenvalue weighted by molar-refractivity contribution is 5.55. The Morgan fingerprint density at radius 2 is 1.85 bits per heavy atom. The number of nitrogens with one attached hydrogen (secondary N) is 2. The molecule has 1 aromatic heterocycles. The molecule has 1 heterocycles. The predicted octanol–water partition coefficient (Wildman–Crippen LogP) is 4.47. The van der Waals surface area contributed by atoms with Crippen molar-refractivity contribution in [1.29, 1.82) is 0 Å². The van der Waals surface area contributed by atoms with E-state index >= 15 is 0 Å². The minimum atomic E-state index is -4.47. The van der Waals surface area contributed by atoms with Crippen molar-refractivity contribution in [3.63, 3.8) is 0 Å². The Kier molecular flexibility index (Phi) is 6.99. The van der Waals surface area contributed by atoms with Crippen molar-refractivity contribution in [2.45, 2.75) is 39.3 Å². The van der Waals surface area contributed by atoms with E-state index in [1.54, 1.807) is 6.07 Å². The Labute approximate surface area is 150 Å². The van der Waals surface area contributed by atoms with Crippen LogP contribution in [0.25, 0.3) is 0 Å². The number of anilines is 3. The fraction of sp³-hybridized carbons (Fsp3) is 0.471. The van der Waals surface area contributed by atoms with Gasteiger partial charge in [-0.25, -0.2) is 0 Å². The first-order valence-corrected chi connectivity index (χ1v) is 8.39. The first-order valence-electron chi connectivity index (χ1n) is 8.39. The molecule has 0 aliphatic rings. The van der Waals surface area contributed by atoms with Crippen molar-refractivity contribution >= 4 is 17.6 Å². The molecule has 6 nitrogen and oxygen atoms in total. The zero-order valence-corrected chi connectivity index (χ0v) is 14.7. The van der Waals surface area contributed by atoms with E-state index in [1.807, 2.05) is 25.1 Å². The molecule has 0 saturated heterocycles. The third-order valence-electron chi connectivity index (χ3n) is 3.32. The van der Waals surface area contributed by atoms with Gasteiger partial charge in [0.2, 0.25) is 11.9 Å². The van der Waals surface area contributed by atoms with Gasteiger partial charge < -0.3 is 15.4 Å². The lowest BCUT2D eigenvalue weighted by Crippen LogP contribution is -2.21. The quantitative estimate of drug-likeness (QED) is 0.636. The third kappa shape index (κ3) is 7.12. The first kappa shape index (κ1) is 19.7. The van der Waals surface area contributed by atoms with Crippen LogP contribution in [0.3, 0.4) is 0 Å². The van der Waals surface area contributed by atoms with Crippen molar-refractivity contribution in [3.8, 4) is 6.01 Å². The fourth-order valence-electron chi connectivity index (χ4n) is 2.13. The smallest absolute Gasteiger partial charge is 0.422 e. The fourth-order valence-corrected chi connectivity index (χ4v) is 2.13. The predicted molar refractivity (Wildman–Crippen MR) is 93.9 cm³/mol. The number of rotatable bonds is 9. The summed E-state index contributed by atoms with van der Waals surface area (Å²) in [5, 5.41) is 5.95. The molecule has 0 aliphatic heterocycles. The third-order valence-corrected chi connectivity index (χ3v) is 3.32. The van der Waals surface area contributed by atoms with Gasteiger partial charge in [-0.3, -0.25) is 0 Å². The Balaban J connectivity index is 2.15. The van der Waals surface area contributed by atoms with Crippen molar-refractivity contribution in [3.05, 3.63) is 29.8 Å². The summed E-state index contributed by atoms with van der Waals surface area (Å²) in [6, 6.07) is 7.07. The van der Waals surface area contributed by atoms with Crippen LogP contribution < -0.4 is 15.4 Å². The lowest BCUT2D eigenvalue weighted by atomic mass is 10.2. The lowest BCUT2D eigenvalue weighted by molar-refractivity contribution is -0.154. The standard InChI is InChI=1S/C17H22F3N5O/c1-3-4-5-9-21-14-23-15(22-13-8-6-7-12(2)10-13)25-16(24-14)26-11-17(18,19)20/h6-8,10H,3-5,9,11H2,1-2H3,(H2,21,22,23,24,25). The number of aromatic nitrogens is 3. The number of ether oxygens (including phenoxy) is 1. The topological polar surface area (TPSA) is 72.0 Å². The highest BCUT2D eigenvalue weighted by atomic mass is 19.4. The molecule has 1 aromatic carbocycles. The van der Waals surface area contributed by atoms with Gasteiger partial charge in [0.15, 0.2) is 6.61 Å². The lowest BCUT2D eigenvalue weighted by Gasteiger charge is -2.12. The van der Waals surface area contributed by atoms with E-state index < -0.39 is 12.8 Å². The van der Waals surface area contributed by atoms with Gasteiger partial charge in [-0.2, -0.15) is 28.1 Å². The van der Waals surface area contributed by atoms with E-state index in [1.165, 1.54) is 0 Å². The van der Waals surface area contributed by atoms with Crippen LogP contribution in [0, 0.1) is 6.92 Å². The molecular weight excluding hydrogens is 347 g/mol. The zero-order valence-electron chi connectivity index (χ0n) is 14.7. The number of halogens is 3. The molecule has 0 aliphatic carbocycles. The molecule has 2 N–H and O–H groups in total. The Morgan fingerprint density at radius 1 is 1.08 bits per heavy atom. The average Bonchev–Trinajstić information content (AvgIpc) is 2.56. The van der Waals surface area contributed by atoms with Gasteiger partial charge in [0.25, 0.3) is 0 Å². The molecule has 0 saturated carbocycles. The molecule has 26 heavy (non-hydrogen) atoms. The van der Waals surface area contributed by atoms with E-state index in [0.29, 0.717) is 6.54 Å². The van der Waals surface area contributed by atoms with Crippen molar-refractivity contribution in [2.75, 3.05) is 23.8 Å². The molecule has 0 atom stereocenters. The minimum Gasteiger partial charge on any atom is -0.454 e. The van der Waals surface area contributed by atoms with E-state index in [0.717, 1.165) is 30.5 Å². The molecular formula is C17H22F3N5O. The highest BCUT2D eigenvalue weighted by Gasteiger charge is 2.29. The molecule has 0 fully saturated rings. The van der Waals surface area contributed by atoms with Crippen LogP contribution >= 0.6 is 0 Å². The minimum absolute atomic E-state index is 0.112. The van der Waals surface area contributed by atoms with Crippen LogP contribution in [-0.2, 0) is 0 Å². The van der Waals surface area contributed by atoms with Crippen LogP contribution in [0.4, 0.5) is 30.8 Å². The van der Waals surface area contributed by atoms with Gasteiger partial charge in [-0.15, -0.1) is 0 Å². The molecule has 0 amide bonds. The summed E-state index contributed by atoms with van der Waals surface area (Å²) in [6.45, 7) is 3.16. The normalized spacial score (nSPS) is 11.3. The van der Waals surface area contributed by atoms with Crippen LogP contribution in [0.15, 0.2) is 24.3 Å². The molecule has 142 valence electrons. The Hall–Kier alpha value is -2.58. The van der Waals surface area contributed by atoms with Gasteiger partial charge in [-0.1, -0.05) is 31.9 Å². The van der Waals surface area contributed by atoms with Crippen molar-refractivity contribution < 1.29 is 17.9 Å². The van der Waals surface area contributed by atoms with E-state index in [9.17, 15) is 13.2 Å². The molecule has 9 heteroatoms. The first-order chi connectivity index (χ1) is 12.4. The Morgan fingerprint density at radius 3 is 2.54 bits per heavy atom. The van der Waals surface area contributed by atoms with E-state index in [2.05, 4.69) is 37.2 Å². The number of aryl methyl sites for hydroxylation is 1. The maximum atomic E-state index is 12.4. The summed E-state index contributed by atoms with van der Waals surface area (Å²) >= 11 is 0. The summed E-state index contributed by atoms with van der Waals surface area (Å²) in [7, 11) is 0. The summed E-state index contributed by atoms with van der Waals surface area (Å²) in [4.78, 5) is 12.0. The number of unbranched alkanes of at least 4 members (excludes halogenated alkanes) is 2. The van der Waals surface area contributed by atoms with Gasteiger partial charge in [0, 0.05) is 12.2 Å². The molecule has 2 aromatic rings.